The second kappa shape index (κ2) is 10.7. The standard InChI is InChI=1S/C27H34N2O4/c1-6-16-33-21-12-13-22(19(3)17-21)25(30)23-24(20-10-8-18(2)9-11-20)29(27(32)26(23)31)15-7-14-28(4)5/h8-13,17,24,30H,6-7,14-16H2,1-5H3/b25-23+. The van der Waals surface area contributed by atoms with Crippen LogP contribution in [0.5, 0.6) is 5.75 Å². The number of aliphatic hydroxyl groups excluding tert-OH is 1. The van der Waals surface area contributed by atoms with Gasteiger partial charge in [-0.25, -0.2) is 0 Å². The number of amides is 1. The molecule has 0 aliphatic carbocycles. The molecule has 33 heavy (non-hydrogen) atoms. The molecule has 3 rings (SSSR count). The number of carbonyl (C=O) groups is 2. The first-order chi connectivity index (χ1) is 15.7. The first-order valence-corrected chi connectivity index (χ1v) is 11.5. The smallest absolute Gasteiger partial charge is 0.295 e. The number of rotatable bonds is 9. The highest BCUT2D eigenvalue weighted by Crippen LogP contribution is 2.40. The zero-order valence-electron chi connectivity index (χ0n) is 20.2. The van der Waals surface area contributed by atoms with Crippen LogP contribution in [0, 0.1) is 13.8 Å². The predicted octanol–water partition coefficient (Wildman–Crippen LogP) is 4.47. The molecule has 1 unspecified atom stereocenters. The Kier molecular flexibility index (Phi) is 7.92. The lowest BCUT2D eigenvalue weighted by Crippen LogP contribution is -2.32. The predicted molar refractivity (Wildman–Crippen MR) is 130 cm³/mol. The summed E-state index contributed by atoms with van der Waals surface area (Å²) in [5.74, 6) is -0.645. The molecular formula is C27H34N2O4. The molecule has 0 aromatic heterocycles. The minimum absolute atomic E-state index is 0.138. The highest BCUT2D eigenvalue weighted by atomic mass is 16.5. The van der Waals surface area contributed by atoms with Crippen molar-refractivity contribution in [3.63, 3.8) is 0 Å². The van der Waals surface area contributed by atoms with Gasteiger partial charge in [-0.2, -0.15) is 0 Å². The highest BCUT2D eigenvalue weighted by Gasteiger charge is 2.45. The monoisotopic (exact) mass is 450 g/mol. The lowest BCUT2D eigenvalue weighted by molar-refractivity contribution is -0.139. The van der Waals surface area contributed by atoms with E-state index in [9.17, 15) is 14.7 Å². The van der Waals surface area contributed by atoms with Crippen LogP contribution in [0.3, 0.4) is 0 Å². The number of likely N-dealkylation sites (tertiary alicyclic amines) is 1. The van der Waals surface area contributed by atoms with Gasteiger partial charge in [0.15, 0.2) is 0 Å². The Hall–Kier alpha value is -3.12. The number of nitrogens with zero attached hydrogens (tertiary/aromatic N) is 2. The van der Waals surface area contributed by atoms with Gasteiger partial charge in [0.2, 0.25) is 0 Å². The normalized spacial score (nSPS) is 17.8. The molecule has 6 heteroatoms. The molecule has 1 atom stereocenters. The van der Waals surface area contributed by atoms with Crippen molar-refractivity contribution < 1.29 is 19.4 Å². The van der Waals surface area contributed by atoms with Crippen LogP contribution < -0.4 is 4.74 Å². The van der Waals surface area contributed by atoms with Crippen LogP contribution in [-0.2, 0) is 9.59 Å². The van der Waals surface area contributed by atoms with E-state index >= 15 is 0 Å². The number of Topliss-reactive ketones (excluding diaryl/α,β-unsaturated/α-hetero) is 1. The number of carbonyl (C=O) groups excluding carboxylic acids is 2. The number of hydrogen-bond donors (Lipinski definition) is 1. The molecule has 2 aromatic carbocycles. The third-order valence-corrected chi connectivity index (χ3v) is 5.86. The molecular weight excluding hydrogens is 416 g/mol. The lowest BCUT2D eigenvalue weighted by Gasteiger charge is -2.26. The summed E-state index contributed by atoms with van der Waals surface area (Å²) in [6.45, 7) is 7.72. The van der Waals surface area contributed by atoms with Crippen LogP contribution in [0.4, 0.5) is 0 Å². The van der Waals surface area contributed by atoms with E-state index in [1.807, 2.05) is 70.1 Å². The molecule has 0 saturated carbocycles. The number of hydrogen-bond acceptors (Lipinski definition) is 5. The molecule has 176 valence electrons. The van der Waals surface area contributed by atoms with Gasteiger partial charge in [0.05, 0.1) is 18.2 Å². The van der Waals surface area contributed by atoms with Gasteiger partial charge in [0.25, 0.3) is 11.7 Å². The molecule has 1 N–H and O–H groups in total. The number of ether oxygens (including phenoxy) is 1. The Labute approximate surface area is 196 Å². The molecule has 1 heterocycles. The first kappa shape index (κ1) is 24.5. The second-order valence-electron chi connectivity index (χ2n) is 8.89. The number of benzene rings is 2. The second-order valence-corrected chi connectivity index (χ2v) is 8.89. The zero-order valence-corrected chi connectivity index (χ0v) is 20.2. The lowest BCUT2D eigenvalue weighted by atomic mass is 9.93. The van der Waals surface area contributed by atoms with E-state index < -0.39 is 17.7 Å². The Morgan fingerprint density at radius 3 is 2.39 bits per heavy atom. The van der Waals surface area contributed by atoms with Crippen LogP contribution in [0.2, 0.25) is 0 Å². The molecule has 1 aliphatic heterocycles. The van der Waals surface area contributed by atoms with Gasteiger partial charge in [0.1, 0.15) is 11.5 Å². The maximum atomic E-state index is 13.2. The third kappa shape index (κ3) is 5.45. The van der Waals surface area contributed by atoms with Crippen LogP contribution >= 0.6 is 0 Å². The van der Waals surface area contributed by atoms with Crippen LogP contribution in [0.1, 0.15) is 48.1 Å². The van der Waals surface area contributed by atoms with Gasteiger partial charge >= 0.3 is 0 Å². The van der Waals surface area contributed by atoms with E-state index in [1.165, 1.54) is 0 Å². The van der Waals surface area contributed by atoms with Crippen molar-refractivity contribution >= 4 is 17.4 Å². The van der Waals surface area contributed by atoms with E-state index in [0.717, 1.165) is 36.1 Å². The van der Waals surface area contributed by atoms with Crippen LogP contribution in [-0.4, -0.2) is 60.4 Å². The van der Waals surface area contributed by atoms with Crippen LogP contribution in [0.15, 0.2) is 48.0 Å². The largest absolute Gasteiger partial charge is 0.507 e. The first-order valence-electron chi connectivity index (χ1n) is 11.5. The molecule has 1 amide bonds. The fraction of sp³-hybridized carbons (Fsp3) is 0.407. The van der Waals surface area contributed by atoms with Gasteiger partial charge in [-0.05, 0) is 76.7 Å². The molecule has 0 spiro atoms. The van der Waals surface area contributed by atoms with Crippen molar-refractivity contribution in [1.82, 2.24) is 9.80 Å². The van der Waals surface area contributed by atoms with Crippen LogP contribution in [0.25, 0.3) is 5.76 Å². The number of aliphatic hydroxyl groups is 1. The van der Waals surface area contributed by atoms with Crippen molar-refractivity contribution in [2.24, 2.45) is 0 Å². The van der Waals surface area contributed by atoms with E-state index in [-0.39, 0.29) is 11.3 Å². The number of aryl methyl sites for hydroxylation is 2. The summed E-state index contributed by atoms with van der Waals surface area (Å²) in [7, 11) is 3.95. The summed E-state index contributed by atoms with van der Waals surface area (Å²) in [6.07, 6.45) is 1.62. The molecule has 1 saturated heterocycles. The maximum absolute atomic E-state index is 13.2. The highest BCUT2D eigenvalue weighted by molar-refractivity contribution is 6.46. The SMILES string of the molecule is CCCOc1ccc(/C(O)=C2\C(=O)C(=O)N(CCCN(C)C)C2c2ccc(C)cc2)c(C)c1. The molecule has 0 bridgehead atoms. The quantitative estimate of drug-likeness (QED) is 0.347. The van der Waals surface area contributed by atoms with E-state index in [0.29, 0.717) is 24.5 Å². The Morgan fingerprint density at radius 2 is 1.79 bits per heavy atom. The fourth-order valence-corrected chi connectivity index (χ4v) is 4.12. The third-order valence-electron chi connectivity index (χ3n) is 5.86. The fourth-order valence-electron chi connectivity index (χ4n) is 4.12. The van der Waals surface area contributed by atoms with Crippen molar-refractivity contribution in [3.05, 3.63) is 70.3 Å². The molecule has 1 aliphatic rings. The summed E-state index contributed by atoms with van der Waals surface area (Å²) in [5, 5.41) is 11.3. The van der Waals surface area contributed by atoms with Crippen molar-refractivity contribution in [1.29, 1.82) is 0 Å². The molecule has 1 fully saturated rings. The summed E-state index contributed by atoms with van der Waals surface area (Å²) in [6, 6.07) is 12.5. The average molecular weight is 451 g/mol. The molecule has 6 nitrogen and oxygen atoms in total. The summed E-state index contributed by atoms with van der Waals surface area (Å²) in [5.41, 5.74) is 3.34. The minimum atomic E-state index is -0.645. The minimum Gasteiger partial charge on any atom is -0.507 e. The van der Waals surface area contributed by atoms with Crippen molar-refractivity contribution in [2.45, 2.75) is 39.7 Å². The average Bonchev–Trinajstić information content (AvgIpc) is 3.02. The maximum Gasteiger partial charge on any atom is 0.295 e. The van der Waals surface area contributed by atoms with Crippen molar-refractivity contribution in [2.75, 3.05) is 33.8 Å². The Bertz CT molecular complexity index is 1040. The van der Waals surface area contributed by atoms with Gasteiger partial charge in [-0.1, -0.05) is 36.8 Å². The van der Waals surface area contributed by atoms with Gasteiger partial charge in [-0.15, -0.1) is 0 Å². The number of ketones is 1. The zero-order chi connectivity index (χ0) is 24.1. The van der Waals surface area contributed by atoms with Gasteiger partial charge < -0.3 is 19.6 Å². The Morgan fingerprint density at radius 1 is 1.09 bits per heavy atom. The summed E-state index contributed by atoms with van der Waals surface area (Å²) in [4.78, 5) is 29.8. The van der Waals surface area contributed by atoms with E-state index in [2.05, 4.69) is 0 Å². The summed E-state index contributed by atoms with van der Waals surface area (Å²) < 4.78 is 5.69. The van der Waals surface area contributed by atoms with E-state index in [1.54, 1.807) is 17.0 Å². The summed E-state index contributed by atoms with van der Waals surface area (Å²) >= 11 is 0. The molecule has 0 radical (unpaired) electrons. The molecule has 2 aromatic rings. The van der Waals surface area contributed by atoms with E-state index in [4.69, 9.17) is 4.74 Å². The van der Waals surface area contributed by atoms with Gasteiger partial charge in [-0.3, -0.25) is 9.59 Å². The van der Waals surface area contributed by atoms with Gasteiger partial charge in [0, 0.05) is 12.1 Å². The van der Waals surface area contributed by atoms with Crippen molar-refractivity contribution in [3.8, 4) is 5.75 Å². The Balaban J connectivity index is 2.06. The topological polar surface area (TPSA) is 70.1 Å².